The summed E-state index contributed by atoms with van der Waals surface area (Å²) in [5, 5.41) is 4.86. The molecule has 2 aromatic carbocycles. The zero-order chi connectivity index (χ0) is 20.4. The van der Waals surface area contributed by atoms with Gasteiger partial charge in [-0.3, -0.25) is 18.9 Å². The largest absolute Gasteiger partial charge is 0.329 e. The quantitative estimate of drug-likeness (QED) is 0.392. The van der Waals surface area contributed by atoms with Gasteiger partial charge in [0.25, 0.3) is 5.56 Å². The first-order valence-corrected chi connectivity index (χ1v) is 9.19. The number of hydrogen-bond donors (Lipinski definition) is 2. The third kappa shape index (κ3) is 3.83. The molecule has 0 amide bonds. The van der Waals surface area contributed by atoms with Gasteiger partial charge < -0.3 is 0 Å². The van der Waals surface area contributed by atoms with Crippen molar-refractivity contribution in [2.45, 2.75) is 6.54 Å². The van der Waals surface area contributed by atoms with Crippen LogP contribution in [0.2, 0.25) is 5.02 Å². The Morgan fingerprint density at radius 3 is 2.59 bits per heavy atom. The van der Waals surface area contributed by atoms with Crippen molar-refractivity contribution in [3.63, 3.8) is 0 Å². The van der Waals surface area contributed by atoms with Gasteiger partial charge in [0.15, 0.2) is 11.2 Å². The van der Waals surface area contributed by atoms with Crippen molar-refractivity contribution in [3.05, 3.63) is 91.6 Å². The van der Waals surface area contributed by atoms with Crippen LogP contribution in [0.25, 0.3) is 11.2 Å². The Morgan fingerprint density at radius 2 is 1.86 bits per heavy atom. The highest BCUT2D eigenvalue weighted by atomic mass is 35.5. The van der Waals surface area contributed by atoms with Gasteiger partial charge >= 0.3 is 5.69 Å². The molecule has 0 aliphatic carbocycles. The Bertz CT molecular complexity index is 1300. The first kappa shape index (κ1) is 18.7. The molecule has 2 N–H and O–H groups in total. The lowest BCUT2D eigenvalue weighted by molar-refractivity contribution is 0.808. The minimum absolute atomic E-state index is 0.277. The van der Waals surface area contributed by atoms with Crippen LogP contribution < -0.4 is 16.7 Å². The van der Waals surface area contributed by atoms with E-state index in [2.05, 4.69) is 20.5 Å². The minimum Gasteiger partial charge on any atom is -0.298 e. The molecule has 2 heterocycles. The van der Waals surface area contributed by atoms with Gasteiger partial charge in [-0.2, -0.15) is 10.1 Å². The van der Waals surface area contributed by atoms with Crippen molar-refractivity contribution in [2.75, 3.05) is 5.43 Å². The number of aryl methyl sites for hydroxylation is 1. The molecule has 0 saturated carbocycles. The molecule has 4 aromatic rings. The normalized spacial score (nSPS) is 11.4. The summed E-state index contributed by atoms with van der Waals surface area (Å²) in [4.78, 5) is 31.2. The summed E-state index contributed by atoms with van der Waals surface area (Å²) in [6.07, 6.45) is 1.62. The summed E-state index contributed by atoms with van der Waals surface area (Å²) in [5.41, 5.74) is 4.25. The summed E-state index contributed by atoms with van der Waals surface area (Å²) in [7, 11) is 1.56. The third-order valence-electron chi connectivity index (χ3n) is 4.44. The summed E-state index contributed by atoms with van der Waals surface area (Å²) in [6, 6.07) is 16.8. The van der Waals surface area contributed by atoms with E-state index in [-0.39, 0.29) is 5.65 Å². The smallest absolute Gasteiger partial charge is 0.298 e. The first-order chi connectivity index (χ1) is 14.0. The van der Waals surface area contributed by atoms with Gasteiger partial charge in [0.2, 0.25) is 5.95 Å². The van der Waals surface area contributed by atoms with E-state index in [4.69, 9.17) is 11.6 Å². The van der Waals surface area contributed by atoms with E-state index in [1.165, 1.54) is 4.57 Å². The number of halogens is 1. The molecule has 0 spiro atoms. The standard InChI is InChI=1S/C20H17ClN6O2/c1-26-17-16(18(28)24-20(26)29)27(12-14-5-3-2-4-6-14)19(23-17)25-22-11-13-7-9-15(21)10-8-13/h2-11H,12H2,1H3,(H,23,25)(H,24,28,29)/b22-11+. The van der Waals surface area contributed by atoms with Crippen LogP contribution in [-0.2, 0) is 13.6 Å². The molecule has 0 fully saturated rings. The highest BCUT2D eigenvalue weighted by molar-refractivity contribution is 6.30. The first-order valence-electron chi connectivity index (χ1n) is 8.81. The van der Waals surface area contributed by atoms with Gasteiger partial charge in [0.1, 0.15) is 0 Å². The van der Waals surface area contributed by atoms with Gasteiger partial charge in [-0.15, -0.1) is 0 Å². The molecule has 2 aromatic heterocycles. The number of hydrogen-bond acceptors (Lipinski definition) is 5. The van der Waals surface area contributed by atoms with Crippen LogP contribution in [-0.4, -0.2) is 25.3 Å². The number of hydrazone groups is 1. The number of imidazole rings is 1. The Labute approximate surface area is 170 Å². The monoisotopic (exact) mass is 408 g/mol. The molecule has 8 nitrogen and oxygen atoms in total. The molecule has 0 unspecified atom stereocenters. The lowest BCUT2D eigenvalue weighted by Crippen LogP contribution is -2.29. The molecule has 0 saturated heterocycles. The fraction of sp³-hybridized carbons (Fsp3) is 0.100. The van der Waals surface area contributed by atoms with Crippen molar-refractivity contribution in [1.29, 1.82) is 0 Å². The van der Waals surface area contributed by atoms with Crippen LogP contribution in [0.5, 0.6) is 0 Å². The predicted octanol–water partition coefficient (Wildman–Crippen LogP) is 2.57. The fourth-order valence-corrected chi connectivity index (χ4v) is 3.08. The zero-order valence-corrected chi connectivity index (χ0v) is 16.2. The summed E-state index contributed by atoms with van der Waals surface area (Å²) < 4.78 is 2.99. The van der Waals surface area contributed by atoms with Crippen LogP contribution >= 0.6 is 11.6 Å². The maximum absolute atomic E-state index is 12.5. The predicted molar refractivity (Wildman–Crippen MR) is 114 cm³/mol. The summed E-state index contributed by atoms with van der Waals surface area (Å²) in [6.45, 7) is 0.386. The maximum Gasteiger partial charge on any atom is 0.329 e. The van der Waals surface area contributed by atoms with Gasteiger partial charge in [0, 0.05) is 12.1 Å². The second kappa shape index (κ2) is 7.76. The number of aromatic amines is 1. The van der Waals surface area contributed by atoms with E-state index in [0.717, 1.165) is 11.1 Å². The zero-order valence-electron chi connectivity index (χ0n) is 15.5. The van der Waals surface area contributed by atoms with Crippen molar-refractivity contribution < 1.29 is 0 Å². The number of benzene rings is 2. The molecule has 0 atom stereocenters. The number of H-pyrrole nitrogens is 1. The van der Waals surface area contributed by atoms with Gasteiger partial charge in [0.05, 0.1) is 12.8 Å². The van der Waals surface area contributed by atoms with Crippen LogP contribution in [0.15, 0.2) is 69.3 Å². The highest BCUT2D eigenvalue weighted by Crippen LogP contribution is 2.17. The Morgan fingerprint density at radius 1 is 1.14 bits per heavy atom. The molecule has 4 rings (SSSR count). The third-order valence-corrected chi connectivity index (χ3v) is 4.69. The van der Waals surface area contributed by atoms with Crippen LogP contribution in [0.4, 0.5) is 5.95 Å². The van der Waals surface area contributed by atoms with E-state index in [1.54, 1.807) is 30.0 Å². The average Bonchev–Trinajstić information content (AvgIpc) is 3.07. The van der Waals surface area contributed by atoms with E-state index < -0.39 is 11.2 Å². The maximum atomic E-state index is 12.5. The Hall–Kier alpha value is -3.65. The van der Waals surface area contributed by atoms with Crippen LogP contribution in [0.3, 0.4) is 0 Å². The molecule has 0 aliphatic rings. The van der Waals surface area contributed by atoms with E-state index in [1.807, 2.05) is 42.5 Å². The lowest BCUT2D eigenvalue weighted by atomic mass is 10.2. The van der Waals surface area contributed by atoms with Gasteiger partial charge in [-0.25, -0.2) is 10.2 Å². The molecule has 0 bridgehead atoms. The average molecular weight is 409 g/mol. The van der Waals surface area contributed by atoms with Crippen molar-refractivity contribution >= 4 is 34.9 Å². The molecule has 29 heavy (non-hydrogen) atoms. The SMILES string of the molecule is Cn1c(=O)[nH]c(=O)c2c1nc(N/N=C/c1ccc(Cl)cc1)n2Cc1ccccc1. The number of nitrogens with one attached hydrogen (secondary N) is 2. The lowest BCUT2D eigenvalue weighted by Gasteiger charge is -2.08. The molecule has 0 radical (unpaired) electrons. The second-order valence-electron chi connectivity index (χ2n) is 6.42. The van der Waals surface area contributed by atoms with Crippen LogP contribution in [0.1, 0.15) is 11.1 Å². The van der Waals surface area contributed by atoms with E-state index in [9.17, 15) is 9.59 Å². The molecular weight excluding hydrogens is 392 g/mol. The Balaban J connectivity index is 1.77. The van der Waals surface area contributed by atoms with Gasteiger partial charge in [-0.1, -0.05) is 54.1 Å². The fourth-order valence-electron chi connectivity index (χ4n) is 2.95. The second-order valence-corrected chi connectivity index (χ2v) is 6.86. The van der Waals surface area contributed by atoms with Gasteiger partial charge in [-0.05, 0) is 23.3 Å². The summed E-state index contributed by atoms with van der Waals surface area (Å²) >= 11 is 5.89. The van der Waals surface area contributed by atoms with E-state index in [0.29, 0.717) is 23.0 Å². The number of nitrogens with zero attached hydrogens (tertiary/aromatic N) is 4. The highest BCUT2D eigenvalue weighted by Gasteiger charge is 2.17. The van der Waals surface area contributed by atoms with Crippen molar-refractivity contribution in [3.8, 4) is 0 Å². The number of rotatable bonds is 5. The van der Waals surface area contributed by atoms with Crippen molar-refractivity contribution in [1.82, 2.24) is 19.1 Å². The van der Waals surface area contributed by atoms with E-state index >= 15 is 0 Å². The van der Waals surface area contributed by atoms with Crippen LogP contribution in [0, 0.1) is 0 Å². The molecule has 146 valence electrons. The minimum atomic E-state index is -0.525. The topological polar surface area (TPSA) is 97.1 Å². The summed E-state index contributed by atoms with van der Waals surface area (Å²) in [5.74, 6) is 0.348. The number of aromatic nitrogens is 4. The number of fused-ring (bicyclic) bond motifs is 1. The molecular formula is C20H17ClN6O2. The Kier molecular flexibility index (Phi) is 5.01. The molecule has 0 aliphatic heterocycles. The molecule has 9 heteroatoms. The van der Waals surface area contributed by atoms with Crippen molar-refractivity contribution in [2.24, 2.45) is 12.1 Å². The number of anilines is 1.